The topological polar surface area (TPSA) is 78.1 Å². The summed E-state index contributed by atoms with van der Waals surface area (Å²) in [6.07, 6.45) is 2.44. The third kappa shape index (κ3) is 3.38. The van der Waals surface area contributed by atoms with Crippen molar-refractivity contribution in [2.75, 3.05) is 24.6 Å². The Balaban J connectivity index is 1.37. The molecule has 1 aliphatic heterocycles. The SMILES string of the molecule is O=C(N[C@H]1CC[C@@H](C(=O)N2CCSCC2)C1)c1n[nH]c2ccccc12. The van der Waals surface area contributed by atoms with Gasteiger partial charge in [-0.05, 0) is 25.3 Å². The van der Waals surface area contributed by atoms with Crippen LogP contribution in [0.1, 0.15) is 29.8 Å². The summed E-state index contributed by atoms with van der Waals surface area (Å²) in [6.45, 7) is 1.71. The van der Waals surface area contributed by atoms with E-state index in [1.165, 1.54) is 0 Å². The van der Waals surface area contributed by atoms with Crippen molar-refractivity contribution in [3.05, 3.63) is 30.0 Å². The predicted octanol–water partition coefficient (Wildman–Crippen LogP) is 2.04. The van der Waals surface area contributed by atoms with Gasteiger partial charge in [0.05, 0.1) is 5.52 Å². The van der Waals surface area contributed by atoms with Crippen LogP contribution in [-0.4, -0.2) is 57.5 Å². The van der Waals surface area contributed by atoms with E-state index in [2.05, 4.69) is 15.5 Å². The average Bonchev–Trinajstić information content (AvgIpc) is 3.28. The number of benzene rings is 1. The maximum Gasteiger partial charge on any atom is 0.272 e. The van der Waals surface area contributed by atoms with Gasteiger partial charge in [-0.3, -0.25) is 14.7 Å². The average molecular weight is 358 g/mol. The van der Waals surface area contributed by atoms with Crippen molar-refractivity contribution in [3.63, 3.8) is 0 Å². The summed E-state index contributed by atoms with van der Waals surface area (Å²) in [7, 11) is 0. The van der Waals surface area contributed by atoms with Gasteiger partial charge in [-0.25, -0.2) is 0 Å². The summed E-state index contributed by atoms with van der Waals surface area (Å²) < 4.78 is 0. The molecule has 2 atom stereocenters. The summed E-state index contributed by atoms with van der Waals surface area (Å²) in [4.78, 5) is 27.2. The highest BCUT2D eigenvalue weighted by Crippen LogP contribution is 2.28. The minimum atomic E-state index is -0.162. The van der Waals surface area contributed by atoms with E-state index in [1.807, 2.05) is 40.9 Å². The summed E-state index contributed by atoms with van der Waals surface area (Å²) in [5.41, 5.74) is 1.29. The number of amides is 2. The maximum atomic E-state index is 12.6. The number of nitrogens with one attached hydrogen (secondary N) is 2. The number of aromatic nitrogens is 2. The van der Waals surface area contributed by atoms with Gasteiger partial charge >= 0.3 is 0 Å². The van der Waals surface area contributed by atoms with Crippen LogP contribution in [0.5, 0.6) is 0 Å². The first-order valence-electron chi connectivity index (χ1n) is 8.83. The Labute approximate surface area is 150 Å². The second kappa shape index (κ2) is 7.07. The molecule has 0 radical (unpaired) electrons. The summed E-state index contributed by atoms with van der Waals surface area (Å²) in [5.74, 6) is 2.21. The normalized spacial score (nSPS) is 23.8. The quantitative estimate of drug-likeness (QED) is 0.880. The van der Waals surface area contributed by atoms with Gasteiger partial charge in [0, 0.05) is 41.9 Å². The third-order valence-corrected chi connectivity index (χ3v) is 6.07. The monoisotopic (exact) mass is 358 g/mol. The molecule has 2 amide bonds. The molecule has 1 saturated carbocycles. The van der Waals surface area contributed by atoms with Crippen molar-refractivity contribution in [3.8, 4) is 0 Å². The molecule has 2 fully saturated rings. The fourth-order valence-electron chi connectivity index (χ4n) is 3.77. The molecule has 2 aromatic rings. The number of hydrogen-bond acceptors (Lipinski definition) is 4. The lowest BCUT2D eigenvalue weighted by atomic mass is 10.1. The van der Waals surface area contributed by atoms with Gasteiger partial charge in [-0.15, -0.1) is 0 Å². The van der Waals surface area contributed by atoms with Crippen LogP contribution in [0.4, 0.5) is 0 Å². The highest BCUT2D eigenvalue weighted by molar-refractivity contribution is 7.99. The van der Waals surface area contributed by atoms with Crippen molar-refractivity contribution in [2.24, 2.45) is 5.92 Å². The zero-order valence-corrected chi connectivity index (χ0v) is 14.8. The lowest BCUT2D eigenvalue weighted by Gasteiger charge is -2.29. The number of para-hydroxylation sites is 1. The molecule has 25 heavy (non-hydrogen) atoms. The van der Waals surface area contributed by atoms with Crippen molar-refractivity contribution in [1.82, 2.24) is 20.4 Å². The minimum absolute atomic E-state index is 0.0457. The Hall–Kier alpha value is -2.02. The van der Waals surface area contributed by atoms with E-state index in [-0.39, 0.29) is 23.8 Å². The molecule has 0 unspecified atom stereocenters. The number of hydrogen-bond donors (Lipinski definition) is 2. The molecule has 6 nitrogen and oxygen atoms in total. The highest BCUT2D eigenvalue weighted by Gasteiger charge is 2.34. The van der Waals surface area contributed by atoms with Crippen molar-refractivity contribution in [2.45, 2.75) is 25.3 Å². The number of thioether (sulfide) groups is 1. The molecule has 1 saturated heterocycles. The molecule has 132 valence electrons. The minimum Gasteiger partial charge on any atom is -0.348 e. The van der Waals surface area contributed by atoms with Gasteiger partial charge in [0.2, 0.25) is 5.91 Å². The van der Waals surface area contributed by atoms with Crippen LogP contribution < -0.4 is 5.32 Å². The first-order chi connectivity index (χ1) is 12.2. The molecule has 1 aromatic heterocycles. The van der Waals surface area contributed by atoms with Crippen molar-refractivity contribution in [1.29, 1.82) is 0 Å². The number of fused-ring (bicyclic) bond motifs is 1. The summed E-state index contributed by atoms with van der Waals surface area (Å²) >= 11 is 1.91. The summed E-state index contributed by atoms with van der Waals surface area (Å²) in [6, 6.07) is 7.66. The molecule has 2 N–H and O–H groups in total. The van der Waals surface area contributed by atoms with E-state index in [1.54, 1.807) is 0 Å². The second-order valence-electron chi connectivity index (χ2n) is 6.74. The second-order valence-corrected chi connectivity index (χ2v) is 7.96. The van der Waals surface area contributed by atoms with Gasteiger partial charge in [0.15, 0.2) is 5.69 Å². The Morgan fingerprint density at radius 3 is 2.84 bits per heavy atom. The Bertz CT molecular complexity index is 784. The molecular formula is C18H22N4O2S. The van der Waals surface area contributed by atoms with E-state index in [9.17, 15) is 9.59 Å². The lowest BCUT2D eigenvalue weighted by molar-refractivity contribution is -0.135. The predicted molar refractivity (Wildman–Crippen MR) is 98.6 cm³/mol. The number of rotatable bonds is 3. The van der Waals surface area contributed by atoms with Crippen molar-refractivity contribution < 1.29 is 9.59 Å². The zero-order chi connectivity index (χ0) is 17.2. The standard InChI is InChI=1S/C18H22N4O2S/c23-17(16-14-3-1-2-4-15(14)20-21-16)19-13-6-5-12(11-13)18(24)22-7-9-25-10-8-22/h1-4,12-13H,5-11H2,(H,19,23)(H,20,21)/t12-,13+/m1/s1. The molecule has 0 spiro atoms. The largest absolute Gasteiger partial charge is 0.348 e. The molecular weight excluding hydrogens is 336 g/mol. The zero-order valence-electron chi connectivity index (χ0n) is 14.0. The molecule has 0 bridgehead atoms. The van der Waals surface area contributed by atoms with Gasteiger partial charge in [-0.1, -0.05) is 18.2 Å². The van der Waals surface area contributed by atoms with Crippen LogP contribution >= 0.6 is 11.8 Å². The van der Waals surface area contributed by atoms with Gasteiger partial charge < -0.3 is 10.2 Å². The van der Waals surface area contributed by atoms with E-state index >= 15 is 0 Å². The van der Waals surface area contributed by atoms with Crippen LogP contribution in [0.2, 0.25) is 0 Å². The Morgan fingerprint density at radius 2 is 2.00 bits per heavy atom. The smallest absolute Gasteiger partial charge is 0.272 e. The maximum absolute atomic E-state index is 12.6. The van der Waals surface area contributed by atoms with Gasteiger partial charge in [-0.2, -0.15) is 16.9 Å². The van der Waals surface area contributed by atoms with Crippen molar-refractivity contribution >= 4 is 34.5 Å². The third-order valence-electron chi connectivity index (χ3n) is 5.13. The Morgan fingerprint density at radius 1 is 1.20 bits per heavy atom. The molecule has 1 aliphatic carbocycles. The van der Waals surface area contributed by atoms with E-state index < -0.39 is 0 Å². The number of nitrogens with zero attached hydrogens (tertiary/aromatic N) is 2. The summed E-state index contributed by atoms with van der Waals surface area (Å²) in [5, 5.41) is 10.9. The van der Waals surface area contributed by atoms with E-state index in [0.717, 1.165) is 54.8 Å². The number of carbonyl (C=O) groups excluding carboxylic acids is 2. The van der Waals surface area contributed by atoms with Crippen LogP contribution in [0, 0.1) is 5.92 Å². The Kier molecular flexibility index (Phi) is 4.65. The van der Waals surface area contributed by atoms with Crippen LogP contribution in [0.25, 0.3) is 10.9 Å². The molecule has 4 rings (SSSR count). The lowest BCUT2D eigenvalue weighted by Crippen LogP contribution is -2.41. The fourth-order valence-corrected chi connectivity index (χ4v) is 4.67. The van der Waals surface area contributed by atoms with Crippen LogP contribution in [0.3, 0.4) is 0 Å². The van der Waals surface area contributed by atoms with Crippen LogP contribution in [-0.2, 0) is 4.79 Å². The first-order valence-corrected chi connectivity index (χ1v) is 9.98. The fraction of sp³-hybridized carbons (Fsp3) is 0.500. The number of carbonyl (C=O) groups is 2. The number of aromatic amines is 1. The highest BCUT2D eigenvalue weighted by atomic mass is 32.2. The molecule has 2 aliphatic rings. The van der Waals surface area contributed by atoms with E-state index in [0.29, 0.717) is 5.69 Å². The van der Waals surface area contributed by atoms with Gasteiger partial charge in [0.1, 0.15) is 0 Å². The van der Waals surface area contributed by atoms with E-state index in [4.69, 9.17) is 0 Å². The molecule has 2 heterocycles. The molecule has 7 heteroatoms. The number of H-pyrrole nitrogens is 1. The molecule has 1 aromatic carbocycles. The first kappa shape index (κ1) is 16.4. The van der Waals surface area contributed by atoms with Gasteiger partial charge in [0.25, 0.3) is 5.91 Å². The van der Waals surface area contributed by atoms with Crippen LogP contribution in [0.15, 0.2) is 24.3 Å².